The summed E-state index contributed by atoms with van der Waals surface area (Å²) in [5, 5.41) is 9.54. The first-order chi connectivity index (χ1) is 18.8. The van der Waals surface area contributed by atoms with Crippen LogP contribution >= 0.6 is 0 Å². The van der Waals surface area contributed by atoms with Crippen LogP contribution in [0.3, 0.4) is 0 Å². The van der Waals surface area contributed by atoms with Crippen LogP contribution in [0.4, 0.5) is 0 Å². The van der Waals surface area contributed by atoms with Gasteiger partial charge >= 0.3 is 0 Å². The standard InChI is InChI=1S/C38H41N2/c1-22-30-19-24(20-37(3,4)5)13-15-27(30)23(2)33-31(22)36-32-25(17-18-39(36)9)14-16-29-28-12-10-11-26(21-38(6,7)8)34(28)40(33)35(29)32/h10-19H,20-21H2,1-9H3/q+1. The molecular formula is C38H41N2+. The van der Waals surface area contributed by atoms with Crippen molar-refractivity contribution in [2.75, 3.05) is 0 Å². The summed E-state index contributed by atoms with van der Waals surface area (Å²) in [6.45, 7) is 18.8. The van der Waals surface area contributed by atoms with Gasteiger partial charge in [-0.3, -0.25) is 0 Å². The Morgan fingerprint density at radius 3 is 2.08 bits per heavy atom. The highest BCUT2D eigenvalue weighted by atomic mass is 15.0. The Morgan fingerprint density at radius 1 is 0.650 bits per heavy atom. The summed E-state index contributed by atoms with van der Waals surface area (Å²) in [6.07, 6.45) is 4.35. The molecule has 0 spiro atoms. The third-order valence-corrected chi connectivity index (χ3v) is 8.91. The van der Waals surface area contributed by atoms with Crippen LogP contribution in [0.1, 0.15) is 63.8 Å². The van der Waals surface area contributed by atoms with Gasteiger partial charge in [-0.15, -0.1) is 0 Å². The summed E-state index contributed by atoms with van der Waals surface area (Å²) >= 11 is 0. The van der Waals surface area contributed by atoms with Crippen molar-refractivity contribution in [1.82, 2.24) is 4.40 Å². The Hall–Kier alpha value is -3.65. The van der Waals surface area contributed by atoms with Gasteiger partial charge in [0.05, 0.1) is 27.3 Å². The zero-order valence-corrected chi connectivity index (χ0v) is 25.6. The number of rotatable bonds is 2. The number of aryl methyl sites for hydroxylation is 3. The predicted molar refractivity (Wildman–Crippen MR) is 173 cm³/mol. The van der Waals surface area contributed by atoms with Gasteiger partial charge in [0, 0.05) is 16.8 Å². The Kier molecular flexibility index (Phi) is 5.19. The summed E-state index contributed by atoms with van der Waals surface area (Å²) in [5.74, 6) is 0. The highest BCUT2D eigenvalue weighted by Gasteiger charge is 2.28. The van der Waals surface area contributed by atoms with Gasteiger partial charge in [0.15, 0.2) is 6.20 Å². The van der Waals surface area contributed by atoms with Gasteiger partial charge in [0.25, 0.3) is 0 Å². The molecule has 202 valence electrons. The third kappa shape index (κ3) is 3.58. The van der Waals surface area contributed by atoms with E-state index in [0.29, 0.717) is 0 Å². The first kappa shape index (κ1) is 25.3. The molecule has 0 saturated carbocycles. The van der Waals surface area contributed by atoms with E-state index in [1.807, 2.05) is 0 Å². The molecule has 0 unspecified atom stereocenters. The number of fused-ring (bicyclic) bond motifs is 7. The van der Waals surface area contributed by atoms with Crippen molar-refractivity contribution in [3.05, 3.63) is 83.0 Å². The van der Waals surface area contributed by atoms with E-state index in [2.05, 4.69) is 132 Å². The minimum Gasteiger partial charge on any atom is -0.307 e. The first-order valence-electron chi connectivity index (χ1n) is 14.8. The lowest BCUT2D eigenvalue weighted by molar-refractivity contribution is -0.643. The molecule has 2 heteroatoms. The second-order valence-corrected chi connectivity index (χ2v) is 14.7. The van der Waals surface area contributed by atoms with Crippen LogP contribution in [0.5, 0.6) is 0 Å². The average Bonchev–Trinajstić information content (AvgIpc) is 3.21. The molecule has 3 aromatic heterocycles. The zero-order chi connectivity index (χ0) is 28.3. The van der Waals surface area contributed by atoms with Crippen LogP contribution in [-0.2, 0) is 19.9 Å². The molecule has 0 fully saturated rings. The fourth-order valence-electron chi connectivity index (χ4n) is 7.46. The van der Waals surface area contributed by atoms with E-state index in [1.54, 1.807) is 0 Å². The molecule has 0 bridgehead atoms. The van der Waals surface area contributed by atoms with Gasteiger partial charge < -0.3 is 4.40 Å². The number of benzene rings is 4. The van der Waals surface area contributed by atoms with Gasteiger partial charge in [0.1, 0.15) is 7.05 Å². The maximum atomic E-state index is 2.65. The molecule has 7 aromatic rings. The van der Waals surface area contributed by atoms with Crippen LogP contribution in [-0.4, -0.2) is 4.40 Å². The highest BCUT2D eigenvalue weighted by Crippen LogP contribution is 2.45. The molecule has 40 heavy (non-hydrogen) atoms. The number of para-hydroxylation sites is 1. The lowest BCUT2D eigenvalue weighted by Gasteiger charge is -2.21. The van der Waals surface area contributed by atoms with Gasteiger partial charge in [-0.2, -0.15) is 0 Å². The van der Waals surface area contributed by atoms with Gasteiger partial charge in [0.2, 0.25) is 5.52 Å². The Morgan fingerprint density at radius 2 is 1.35 bits per heavy atom. The summed E-state index contributed by atoms with van der Waals surface area (Å²) in [7, 11) is 2.22. The number of hydrogen-bond acceptors (Lipinski definition) is 0. The molecule has 0 aliphatic carbocycles. The van der Waals surface area contributed by atoms with Crippen molar-refractivity contribution in [3.8, 4) is 0 Å². The Balaban J connectivity index is 1.79. The lowest BCUT2D eigenvalue weighted by atomic mass is 9.86. The molecule has 4 aromatic carbocycles. The summed E-state index contributed by atoms with van der Waals surface area (Å²) in [6, 6.07) is 21.1. The Bertz CT molecular complexity index is 2140. The zero-order valence-electron chi connectivity index (χ0n) is 25.6. The van der Waals surface area contributed by atoms with Crippen molar-refractivity contribution < 1.29 is 4.57 Å². The normalized spacial score (nSPS) is 13.3. The van der Waals surface area contributed by atoms with Gasteiger partial charge in [-0.25, -0.2) is 4.57 Å². The molecule has 7 rings (SSSR count). The lowest BCUT2D eigenvalue weighted by Crippen LogP contribution is -2.29. The number of hydrogen-bond donors (Lipinski definition) is 0. The van der Waals surface area contributed by atoms with E-state index in [1.165, 1.54) is 82.0 Å². The van der Waals surface area contributed by atoms with E-state index < -0.39 is 0 Å². The largest absolute Gasteiger partial charge is 0.307 e. The van der Waals surface area contributed by atoms with Crippen LogP contribution in [0.15, 0.2) is 60.8 Å². The monoisotopic (exact) mass is 525 g/mol. The maximum Gasteiger partial charge on any atom is 0.224 e. The molecule has 0 radical (unpaired) electrons. The molecule has 0 aliphatic heterocycles. The van der Waals surface area contributed by atoms with Crippen molar-refractivity contribution in [2.45, 2.75) is 68.2 Å². The topological polar surface area (TPSA) is 8.29 Å². The number of aromatic nitrogens is 2. The molecule has 0 saturated heterocycles. The van der Waals surface area contributed by atoms with E-state index in [-0.39, 0.29) is 10.8 Å². The minimum absolute atomic E-state index is 0.194. The van der Waals surface area contributed by atoms with Crippen molar-refractivity contribution in [1.29, 1.82) is 0 Å². The molecule has 2 nitrogen and oxygen atoms in total. The minimum atomic E-state index is 0.194. The smallest absolute Gasteiger partial charge is 0.224 e. The third-order valence-electron chi connectivity index (χ3n) is 8.91. The van der Waals surface area contributed by atoms with Crippen molar-refractivity contribution in [2.24, 2.45) is 17.9 Å². The van der Waals surface area contributed by atoms with Crippen LogP contribution in [0.2, 0.25) is 0 Å². The fraction of sp³-hybridized carbons (Fsp3) is 0.342. The van der Waals surface area contributed by atoms with E-state index in [0.717, 1.165) is 12.8 Å². The SMILES string of the molecule is Cc1c2cc(CC(C)(C)C)ccc2c(C)c2c1c1c3c(ccc4c5cccc(CC(C)(C)C)c5n2c43)cc[n+]1C. The summed E-state index contributed by atoms with van der Waals surface area (Å²) < 4.78 is 5.01. The molecule has 0 N–H and O–H groups in total. The summed E-state index contributed by atoms with van der Waals surface area (Å²) in [4.78, 5) is 0. The van der Waals surface area contributed by atoms with Crippen LogP contribution in [0, 0.1) is 24.7 Å². The second kappa shape index (κ2) is 8.19. The van der Waals surface area contributed by atoms with E-state index >= 15 is 0 Å². The van der Waals surface area contributed by atoms with Crippen molar-refractivity contribution >= 4 is 59.8 Å². The molecule has 3 heterocycles. The molecular weight excluding hydrogens is 484 g/mol. The van der Waals surface area contributed by atoms with Crippen LogP contribution < -0.4 is 4.57 Å². The second-order valence-electron chi connectivity index (χ2n) is 14.7. The quantitative estimate of drug-likeness (QED) is 0.121. The van der Waals surface area contributed by atoms with E-state index in [9.17, 15) is 0 Å². The number of pyridine rings is 2. The highest BCUT2D eigenvalue weighted by molar-refractivity contribution is 6.29. The molecule has 0 amide bonds. The van der Waals surface area contributed by atoms with Crippen LogP contribution in [0.25, 0.3) is 59.8 Å². The fourth-order valence-corrected chi connectivity index (χ4v) is 7.46. The van der Waals surface area contributed by atoms with Gasteiger partial charge in [-0.1, -0.05) is 90.1 Å². The van der Waals surface area contributed by atoms with E-state index in [4.69, 9.17) is 0 Å². The first-order valence-corrected chi connectivity index (χ1v) is 14.8. The Labute approximate surface area is 237 Å². The average molecular weight is 526 g/mol. The molecule has 0 aliphatic rings. The predicted octanol–water partition coefficient (Wildman–Crippen LogP) is 9.76. The number of nitrogens with zero attached hydrogens (tertiary/aromatic N) is 2. The maximum absolute atomic E-state index is 2.65. The van der Waals surface area contributed by atoms with Gasteiger partial charge in [-0.05, 0) is 75.9 Å². The van der Waals surface area contributed by atoms with Crippen molar-refractivity contribution in [3.63, 3.8) is 0 Å². The molecule has 0 atom stereocenters. The summed E-state index contributed by atoms with van der Waals surface area (Å²) in [5.41, 5.74) is 11.5.